The molecule has 0 saturated heterocycles. The molecule has 1 amide bonds. The molecule has 0 atom stereocenters. The summed E-state index contributed by atoms with van der Waals surface area (Å²) in [4.78, 5) is 33.3. The zero-order valence-electron chi connectivity index (χ0n) is 17.1. The van der Waals surface area contributed by atoms with Crippen molar-refractivity contribution in [3.05, 3.63) is 46.6 Å². The SMILES string of the molecule is CN(C)c1ccnc(N[C@H]2CC[C@@H](NC(=O)COc3ccccc3[N+](=O)[O-])CC2)n1. The molecule has 0 radical (unpaired) electrons. The molecule has 1 saturated carbocycles. The van der Waals surface area contributed by atoms with Gasteiger partial charge in [-0.15, -0.1) is 0 Å². The van der Waals surface area contributed by atoms with Crippen molar-refractivity contribution in [3.63, 3.8) is 0 Å². The number of hydrogen-bond acceptors (Lipinski definition) is 8. The van der Waals surface area contributed by atoms with E-state index in [2.05, 4.69) is 20.6 Å². The predicted molar refractivity (Wildman–Crippen MR) is 113 cm³/mol. The summed E-state index contributed by atoms with van der Waals surface area (Å²) in [7, 11) is 3.86. The minimum atomic E-state index is -0.528. The van der Waals surface area contributed by atoms with Crippen molar-refractivity contribution in [2.75, 3.05) is 30.9 Å². The third-order valence-electron chi connectivity index (χ3n) is 4.95. The maximum Gasteiger partial charge on any atom is 0.310 e. The number of carbonyl (C=O) groups is 1. The normalized spacial score (nSPS) is 18.3. The van der Waals surface area contributed by atoms with E-state index in [1.54, 1.807) is 18.3 Å². The number of nitro groups is 1. The number of nitro benzene ring substituents is 1. The van der Waals surface area contributed by atoms with Gasteiger partial charge in [-0.25, -0.2) is 4.98 Å². The number of carbonyl (C=O) groups excluding carboxylic acids is 1. The van der Waals surface area contributed by atoms with Crippen LogP contribution in [0.25, 0.3) is 0 Å². The molecule has 0 bridgehead atoms. The molecule has 1 aliphatic carbocycles. The summed E-state index contributed by atoms with van der Waals surface area (Å²) in [5.74, 6) is 1.25. The average Bonchev–Trinajstić information content (AvgIpc) is 2.74. The first-order valence-electron chi connectivity index (χ1n) is 9.85. The molecule has 1 aromatic carbocycles. The van der Waals surface area contributed by atoms with Gasteiger partial charge in [-0.2, -0.15) is 4.98 Å². The Bertz CT molecular complexity index is 883. The van der Waals surface area contributed by atoms with E-state index in [1.165, 1.54) is 12.1 Å². The van der Waals surface area contributed by atoms with Gasteiger partial charge in [-0.05, 0) is 37.8 Å². The molecule has 160 valence electrons. The lowest BCUT2D eigenvalue weighted by atomic mass is 9.91. The van der Waals surface area contributed by atoms with E-state index < -0.39 is 4.92 Å². The van der Waals surface area contributed by atoms with Crippen LogP contribution in [0.3, 0.4) is 0 Å². The molecule has 2 aromatic rings. The lowest BCUT2D eigenvalue weighted by Crippen LogP contribution is -2.42. The first-order valence-corrected chi connectivity index (χ1v) is 9.85. The van der Waals surface area contributed by atoms with E-state index in [9.17, 15) is 14.9 Å². The van der Waals surface area contributed by atoms with Crippen LogP contribution < -0.4 is 20.3 Å². The molecular weight excluding hydrogens is 388 g/mol. The van der Waals surface area contributed by atoms with Gasteiger partial charge in [-0.3, -0.25) is 14.9 Å². The van der Waals surface area contributed by atoms with E-state index in [4.69, 9.17) is 4.74 Å². The maximum absolute atomic E-state index is 12.2. The molecule has 0 unspecified atom stereocenters. The summed E-state index contributed by atoms with van der Waals surface area (Å²) in [6.45, 7) is -0.256. The Kier molecular flexibility index (Phi) is 6.99. The van der Waals surface area contributed by atoms with Gasteiger partial charge in [0.05, 0.1) is 4.92 Å². The van der Waals surface area contributed by atoms with Gasteiger partial charge in [0.1, 0.15) is 5.82 Å². The predicted octanol–water partition coefficient (Wildman–Crippen LogP) is 2.37. The Morgan fingerprint density at radius 1 is 1.20 bits per heavy atom. The summed E-state index contributed by atoms with van der Waals surface area (Å²) in [6.07, 6.45) is 5.13. The van der Waals surface area contributed by atoms with Gasteiger partial charge in [0.15, 0.2) is 12.4 Å². The van der Waals surface area contributed by atoms with E-state index in [-0.39, 0.29) is 36.0 Å². The van der Waals surface area contributed by atoms with Gasteiger partial charge in [-0.1, -0.05) is 12.1 Å². The number of rotatable bonds is 8. The van der Waals surface area contributed by atoms with Crippen LogP contribution in [-0.2, 0) is 4.79 Å². The van der Waals surface area contributed by atoms with Crippen LogP contribution in [0.5, 0.6) is 5.75 Å². The van der Waals surface area contributed by atoms with E-state index in [0.29, 0.717) is 5.95 Å². The number of para-hydroxylation sites is 2. The van der Waals surface area contributed by atoms with Gasteiger partial charge >= 0.3 is 5.69 Å². The number of amides is 1. The van der Waals surface area contributed by atoms with Gasteiger partial charge in [0.2, 0.25) is 5.95 Å². The fraction of sp³-hybridized carbons (Fsp3) is 0.450. The van der Waals surface area contributed by atoms with Gasteiger partial charge < -0.3 is 20.3 Å². The monoisotopic (exact) mass is 414 g/mol. The standard InChI is InChI=1S/C20H26N6O4/c1-25(2)18-11-12-21-20(24-18)23-15-9-7-14(8-10-15)22-19(27)13-30-17-6-4-3-5-16(17)26(28)29/h3-6,11-12,14-15H,7-10,13H2,1-2H3,(H,22,27)(H,21,23,24)/t14-,15+. The van der Waals surface area contributed by atoms with Crippen LogP contribution >= 0.6 is 0 Å². The number of nitrogens with one attached hydrogen (secondary N) is 2. The topological polar surface area (TPSA) is 123 Å². The van der Waals surface area contributed by atoms with Crippen molar-refractivity contribution >= 4 is 23.4 Å². The molecule has 10 nitrogen and oxygen atoms in total. The lowest BCUT2D eigenvalue weighted by Gasteiger charge is -2.29. The van der Waals surface area contributed by atoms with Crippen molar-refractivity contribution in [2.45, 2.75) is 37.8 Å². The number of hydrogen-bond donors (Lipinski definition) is 2. The van der Waals surface area contributed by atoms with E-state index >= 15 is 0 Å². The Labute approximate surface area is 174 Å². The third kappa shape index (κ3) is 5.79. The lowest BCUT2D eigenvalue weighted by molar-refractivity contribution is -0.385. The zero-order valence-corrected chi connectivity index (χ0v) is 17.1. The van der Waals surface area contributed by atoms with Gasteiger partial charge in [0, 0.05) is 38.4 Å². The molecule has 1 aromatic heterocycles. The summed E-state index contributed by atoms with van der Waals surface area (Å²) in [5.41, 5.74) is -0.155. The highest BCUT2D eigenvalue weighted by Crippen LogP contribution is 2.26. The van der Waals surface area contributed by atoms with Crippen LogP contribution in [0, 0.1) is 10.1 Å². The van der Waals surface area contributed by atoms with Gasteiger partial charge in [0.25, 0.3) is 5.91 Å². The fourth-order valence-corrected chi connectivity index (χ4v) is 3.38. The largest absolute Gasteiger partial charge is 0.477 e. The second-order valence-electron chi connectivity index (χ2n) is 7.41. The molecule has 1 aliphatic rings. The molecule has 10 heteroatoms. The molecular formula is C20H26N6O4. The summed E-state index contributed by atoms with van der Waals surface area (Å²) in [5, 5.41) is 17.3. The fourth-order valence-electron chi connectivity index (χ4n) is 3.38. The van der Waals surface area contributed by atoms with Crippen LogP contribution in [-0.4, -0.2) is 53.6 Å². The van der Waals surface area contributed by atoms with Crippen molar-refractivity contribution in [3.8, 4) is 5.75 Å². The Morgan fingerprint density at radius 2 is 1.90 bits per heavy atom. The van der Waals surface area contributed by atoms with Crippen LogP contribution in [0.2, 0.25) is 0 Å². The molecule has 30 heavy (non-hydrogen) atoms. The first-order chi connectivity index (χ1) is 14.4. The Morgan fingerprint density at radius 3 is 2.60 bits per heavy atom. The van der Waals surface area contributed by atoms with Crippen molar-refractivity contribution in [1.82, 2.24) is 15.3 Å². The quantitative estimate of drug-likeness (QED) is 0.499. The number of anilines is 2. The highest BCUT2D eigenvalue weighted by molar-refractivity contribution is 5.78. The van der Waals surface area contributed by atoms with Crippen molar-refractivity contribution in [2.24, 2.45) is 0 Å². The van der Waals surface area contributed by atoms with Crippen molar-refractivity contribution < 1.29 is 14.5 Å². The Hall–Kier alpha value is -3.43. The minimum Gasteiger partial charge on any atom is -0.477 e. The zero-order chi connectivity index (χ0) is 21.5. The van der Waals surface area contributed by atoms with Crippen LogP contribution in [0.1, 0.15) is 25.7 Å². The smallest absolute Gasteiger partial charge is 0.310 e. The molecule has 1 fully saturated rings. The molecule has 2 N–H and O–H groups in total. The second kappa shape index (κ2) is 9.86. The second-order valence-corrected chi connectivity index (χ2v) is 7.41. The maximum atomic E-state index is 12.2. The highest BCUT2D eigenvalue weighted by atomic mass is 16.6. The molecule has 1 heterocycles. The average molecular weight is 414 g/mol. The molecule has 0 aliphatic heterocycles. The third-order valence-corrected chi connectivity index (χ3v) is 4.95. The summed E-state index contributed by atoms with van der Waals surface area (Å²) >= 11 is 0. The molecule has 0 spiro atoms. The summed E-state index contributed by atoms with van der Waals surface area (Å²) in [6, 6.07) is 8.17. The van der Waals surface area contributed by atoms with Crippen LogP contribution in [0.15, 0.2) is 36.5 Å². The minimum absolute atomic E-state index is 0.0546. The van der Waals surface area contributed by atoms with Crippen LogP contribution in [0.4, 0.5) is 17.5 Å². The van der Waals surface area contributed by atoms with E-state index in [0.717, 1.165) is 31.5 Å². The number of ether oxygens (including phenoxy) is 1. The van der Waals surface area contributed by atoms with Crippen molar-refractivity contribution in [1.29, 1.82) is 0 Å². The first kappa shape index (κ1) is 21.3. The highest BCUT2D eigenvalue weighted by Gasteiger charge is 2.23. The number of nitrogens with zero attached hydrogens (tertiary/aromatic N) is 4. The number of aromatic nitrogens is 2. The Balaban J connectivity index is 1.43. The number of benzene rings is 1. The summed E-state index contributed by atoms with van der Waals surface area (Å²) < 4.78 is 5.35. The van der Waals surface area contributed by atoms with E-state index in [1.807, 2.05) is 25.1 Å². The molecule has 3 rings (SSSR count).